The van der Waals surface area contributed by atoms with Gasteiger partial charge in [-0.2, -0.15) is 0 Å². The van der Waals surface area contributed by atoms with Crippen molar-refractivity contribution in [1.82, 2.24) is 0 Å². The summed E-state index contributed by atoms with van der Waals surface area (Å²) in [5, 5.41) is 34.8. The van der Waals surface area contributed by atoms with Gasteiger partial charge in [0.2, 0.25) is 0 Å². The highest BCUT2D eigenvalue weighted by Crippen LogP contribution is 2.44. The first-order valence-electron chi connectivity index (χ1n) is 11.5. The number of hydrogen-bond acceptors (Lipinski definition) is 6. The van der Waals surface area contributed by atoms with Crippen molar-refractivity contribution in [3.8, 4) is 0 Å². The van der Waals surface area contributed by atoms with Crippen LogP contribution in [0.3, 0.4) is 0 Å². The van der Waals surface area contributed by atoms with E-state index in [9.17, 15) is 15.3 Å². The van der Waals surface area contributed by atoms with Crippen LogP contribution in [0.2, 0.25) is 0 Å². The van der Waals surface area contributed by atoms with Gasteiger partial charge in [-0.05, 0) is 16.7 Å². The second-order valence-electron chi connectivity index (χ2n) is 8.82. The van der Waals surface area contributed by atoms with Crippen molar-refractivity contribution in [1.29, 1.82) is 0 Å². The molecule has 1 saturated heterocycles. The molecule has 1 fully saturated rings. The second-order valence-corrected chi connectivity index (χ2v) is 8.82. The van der Waals surface area contributed by atoms with Crippen molar-refractivity contribution >= 4 is 0 Å². The third-order valence-electron chi connectivity index (χ3n) is 6.55. The third-order valence-corrected chi connectivity index (χ3v) is 6.55. The molecule has 34 heavy (non-hydrogen) atoms. The minimum atomic E-state index is -1.87. The van der Waals surface area contributed by atoms with E-state index in [-0.39, 0.29) is 19.4 Å². The Morgan fingerprint density at radius 3 is 1.68 bits per heavy atom. The van der Waals surface area contributed by atoms with Crippen LogP contribution in [0.15, 0.2) is 91.0 Å². The van der Waals surface area contributed by atoms with Crippen molar-refractivity contribution in [2.45, 2.75) is 49.1 Å². The molecular weight excluding hydrogens is 432 g/mol. The Hall–Kier alpha value is -2.58. The van der Waals surface area contributed by atoms with Gasteiger partial charge in [-0.25, -0.2) is 0 Å². The van der Waals surface area contributed by atoms with Crippen LogP contribution in [0, 0.1) is 0 Å². The summed E-state index contributed by atoms with van der Waals surface area (Å²) in [6.07, 6.45) is -2.97. The van der Waals surface area contributed by atoms with Gasteiger partial charge in [0.05, 0.1) is 13.2 Å². The van der Waals surface area contributed by atoms with Crippen LogP contribution in [-0.2, 0) is 33.7 Å². The number of methoxy groups -OCH3 is 1. The van der Waals surface area contributed by atoms with Gasteiger partial charge < -0.3 is 29.5 Å². The molecule has 3 aromatic carbocycles. The average Bonchev–Trinajstić information content (AvgIpc) is 2.87. The molecule has 6 heteroatoms. The molecule has 4 rings (SSSR count). The van der Waals surface area contributed by atoms with Crippen LogP contribution in [0.25, 0.3) is 0 Å². The maximum absolute atomic E-state index is 12.4. The summed E-state index contributed by atoms with van der Waals surface area (Å²) in [6, 6.07) is 28.4. The molecule has 0 bridgehead atoms. The topological polar surface area (TPSA) is 88.4 Å². The maximum atomic E-state index is 12.4. The van der Waals surface area contributed by atoms with Crippen LogP contribution >= 0.6 is 0 Å². The van der Waals surface area contributed by atoms with Crippen molar-refractivity contribution in [2.24, 2.45) is 0 Å². The lowest BCUT2D eigenvalue weighted by atomic mass is 9.68. The maximum Gasteiger partial charge on any atom is 0.189 e. The van der Waals surface area contributed by atoms with E-state index in [1.807, 2.05) is 91.0 Å². The van der Waals surface area contributed by atoms with E-state index in [0.717, 1.165) is 16.7 Å². The van der Waals surface area contributed by atoms with Crippen molar-refractivity contribution in [2.75, 3.05) is 13.7 Å². The summed E-state index contributed by atoms with van der Waals surface area (Å²) >= 11 is 0. The summed E-state index contributed by atoms with van der Waals surface area (Å²) in [7, 11) is 1.42. The van der Waals surface area contributed by atoms with Gasteiger partial charge in [-0.3, -0.25) is 0 Å². The Morgan fingerprint density at radius 2 is 1.21 bits per heavy atom. The number of rotatable bonds is 9. The summed E-state index contributed by atoms with van der Waals surface area (Å²) in [5.74, 6) is 0. The van der Waals surface area contributed by atoms with E-state index in [4.69, 9.17) is 14.2 Å². The Kier molecular flexibility index (Phi) is 7.78. The minimum absolute atomic E-state index is 0.0685. The Morgan fingerprint density at radius 1 is 0.735 bits per heavy atom. The summed E-state index contributed by atoms with van der Waals surface area (Å²) in [4.78, 5) is 0. The molecule has 1 aliphatic heterocycles. The molecule has 0 spiro atoms. The Labute approximate surface area is 200 Å². The van der Waals surface area contributed by atoms with Gasteiger partial charge in [0.25, 0.3) is 0 Å². The number of aliphatic hydroxyl groups is 3. The highest BCUT2D eigenvalue weighted by molar-refractivity contribution is 5.27. The van der Waals surface area contributed by atoms with Crippen molar-refractivity contribution in [3.63, 3.8) is 0 Å². The quantitative estimate of drug-likeness (QED) is 0.451. The predicted molar refractivity (Wildman–Crippen MR) is 128 cm³/mol. The Bertz CT molecular complexity index is 1010. The largest absolute Gasteiger partial charge is 0.394 e. The van der Waals surface area contributed by atoms with Crippen LogP contribution in [0.5, 0.6) is 0 Å². The summed E-state index contributed by atoms with van der Waals surface area (Å²) in [5.41, 5.74) is -1.18. The first-order chi connectivity index (χ1) is 16.5. The van der Waals surface area contributed by atoms with Crippen molar-refractivity contribution < 1.29 is 29.5 Å². The summed E-state index contributed by atoms with van der Waals surface area (Å²) < 4.78 is 17.8. The standard InChI is InChI=1S/C28H32O6/c1-32-26-28(31,18-22-13-7-3-8-14-22)27(30,17-21-11-5-2-6-12-21)25(24(19-29)34-26)33-20-23-15-9-4-10-16-23/h2-16,24-26,29-31H,17-20H2,1H3/t24-,25-,26?,27+,28+/m1/s1. The fourth-order valence-electron chi connectivity index (χ4n) is 4.80. The molecule has 0 radical (unpaired) electrons. The zero-order valence-electron chi connectivity index (χ0n) is 19.3. The normalized spacial score (nSPS) is 29.1. The molecule has 1 unspecified atom stereocenters. The van der Waals surface area contributed by atoms with Gasteiger partial charge in [-0.15, -0.1) is 0 Å². The van der Waals surface area contributed by atoms with E-state index in [2.05, 4.69) is 0 Å². The predicted octanol–water partition coefficient (Wildman–Crippen LogP) is 2.88. The van der Waals surface area contributed by atoms with E-state index >= 15 is 0 Å². The van der Waals surface area contributed by atoms with E-state index in [1.165, 1.54) is 7.11 Å². The smallest absolute Gasteiger partial charge is 0.189 e. The van der Waals surface area contributed by atoms with Crippen LogP contribution in [0.4, 0.5) is 0 Å². The molecule has 3 aromatic rings. The Balaban J connectivity index is 1.77. The van der Waals surface area contributed by atoms with Crippen LogP contribution in [-0.4, -0.2) is 58.7 Å². The molecule has 1 aliphatic rings. The van der Waals surface area contributed by atoms with Crippen LogP contribution in [0.1, 0.15) is 16.7 Å². The molecule has 3 N–H and O–H groups in total. The zero-order chi connectivity index (χ0) is 24.0. The van der Waals surface area contributed by atoms with E-state index in [1.54, 1.807) is 0 Å². The SMILES string of the molecule is COC1O[C@H](CO)[C@@H](OCc2ccccc2)[C@@](O)(Cc2ccccc2)[C@]1(O)Cc1ccccc1. The number of benzene rings is 3. The summed E-state index contributed by atoms with van der Waals surface area (Å²) in [6.45, 7) is -0.223. The van der Waals surface area contributed by atoms with Crippen LogP contribution < -0.4 is 0 Å². The van der Waals surface area contributed by atoms with E-state index < -0.39 is 36.3 Å². The van der Waals surface area contributed by atoms with Gasteiger partial charge >= 0.3 is 0 Å². The fraction of sp³-hybridized carbons (Fsp3) is 0.357. The molecule has 0 aliphatic carbocycles. The third kappa shape index (κ3) is 4.93. The molecule has 0 amide bonds. The molecule has 0 saturated carbocycles. The number of ether oxygens (including phenoxy) is 3. The highest BCUT2D eigenvalue weighted by atomic mass is 16.7. The first kappa shape index (κ1) is 24.5. The highest BCUT2D eigenvalue weighted by Gasteiger charge is 2.65. The molecule has 1 heterocycles. The van der Waals surface area contributed by atoms with Gasteiger partial charge in [0.15, 0.2) is 11.9 Å². The lowest BCUT2D eigenvalue weighted by Gasteiger charge is -2.56. The number of aliphatic hydroxyl groups excluding tert-OH is 1. The molecule has 0 aromatic heterocycles. The first-order valence-corrected chi connectivity index (χ1v) is 11.5. The number of hydrogen-bond donors (Lipinski definition) is 3. The van der Waals surface area contributed by atoms with Crippen molar-refractivity contribution in [3.05, 3.63) is 108 Å². The lowest BCUT2D eigenvalue weighted by Crippen LogP contribution is -2.76. The zero-order valence-corrected chi connectivity index (χ0v) is 19.3. The van der Waals surface area contributed by atoms with Gasteiger partial charge in [0, 0.05) is 20.0 Å². The second kappa shape index (κ2) is 10.8. The minimum Gasteiger partial charge on any atom is -0.394 e. The van der Waals surface area contributed by atoms with Gasteiger partial charge in [-0.1, -0.05) is 91.0 Å². The molecular formula is C28H32O6. The molecule has 180 valence electrons. The fourth-order valence-corrected chi connectivity index (χ4v) is 4.80. The lowest BCUT2D eigenvalue weighted by molar-refractivity contribution is -0.375. The monoisotopic (exact) mass is 464 g/mol. The molecule has 6 nitrogen and oxygen atoms in total. The molecule has 5 atom stereocenters. The average molecular weight is 465 g/mol. The van der Waals surface area contributed by atoms with E-state index in [0.29, 0.717) is 0 Å². The van der Waals surface area contributed by atoms with Gasteiger partial charge in [0.1, 0.15) is 17.8 Å².